The van der Waals surface area contributed by atoms with Crippen molar-refractivity contribution in [3.05, 3.63) is 0 Å². The molecule has 3 nitrogen and oxygen atoms in total. The predicted octanol–water partition coefficient (Wildman–Crippen LogP) is 1.37. The van der Waals surface area contributed by atoms with Crippen molar-refractivity contribution in [1.82, 2.24) is 0 Å². The number of hydrogen-bond acceptors (Lipinski definition) is 3. The van der Waals surface area contributed by atoms with Crippen molar-refractivity contribution in [2.24, 2.45) is 16.6 Å². The molecule has 0 unspecified atom stereocenters. The van der Waals surface area contributed by atoms with E-state index in [-0.39, 0.29) is 0 Å². The van der Waals surface area contributed by atoms with Crippen LogP contribution in [0.25, 0.3) is 0 Å². The van der Waals surface area contributed by atoms with Crippen LogP contribution in [0.5, 0.6) is 0 Å². The van der Waals surface area contributed by atoms with E-state index >= 15 is 0 Å². The van der Waals surface area contributed by atoms with E-state index in [9.17, 15) is 0 Å². The molecule has 72 valence electrons. The average Bonchev–Trinajstić information content (AvgIpc) is 2.82. The molecule has 2 rings (SSSR count). The third-order valence-corrected chi connectivity index (χ3v) is 2.90. The van der Waals surface area contributed by atoms with Gasteiger partial charge in [0, 0.05) is 12.0 Å². The van der Waals surface area contributed by atoms with E-state index in [0.29, 0.717) is 18.0 Å². The molecule has 2 saturated carbocycles. The fraction of sp³-hybridized carbons (Fsp3) is 0.800. The van der Waals surface area contributed by atoms with Gasteiger partial charge in [0.05, 0.1) is 17.5 Å². The summed E-state index contributed by atoms with van der Waals surface area (Å²) in [4.78, 5) is 4.51. The maximum absolute atomic E-state index is 7.79. The van der Waals surface area contributed by atoms with E-state index < -0.39 is 0 Å². The lowest BCUT2D eigenvalue weighted by Crippen LogP contribution is -2.39. The molecule has 0 heterocycles. The van der Waals surface area contributed by atoms with Crippen LogP contribution in [0.2, 0.25) is 0 Å². The van der Waals surface area contributed by atoms with Gasteiger partial charge >= 0.3 is 0 Å². The third kappa shape index (κ3) is 1.97. The molecule has 2 aliphatic carbocycles. The highest BCUT2D eigenvalue weighted by Gasteiger charge is 2.30. The van der Waals surface area contributed by atoms with Crippen molar-refractivity contribution in [2.45, 2.75) is 44.7 Å². The zero-order valence-corrected chi connectivity index (χ0v) is 8.09. The molecule has 0 spiro atoms. The normalized spacial score (nSPS) is 34.2. The SMILES string of the molecule is C/C(=N\C1CC(N)C1)C(=N)C1CC1. The first-order chi connectivity index (χ1) is 6.16. The molecule has 3 heteroatoms. The molecule has 0 aromatic rings. The Bertz CT molecular complexity index is 247. The van der Waals surface area contributed by atoms with Gasteiger partial charge in [0.15, 0.2) is 0 Å². The lowest BCUT2D eigenvalue weighted by Gasteiger charge is -2.29. The minimum Gasteiger partial charge on any atom is -0.328 e. The van der Waals surface area contributed by atoms with Crippen molar-refractivity contribution in [1.29, 1.82) is 5.41 Å². The van der Waals surface area contributed by atoms with E-state index in [1.54, 1.807) is 0 Å². The Morgan fingerprint density at radius 3 is 2.46 bits per heavy atom. The fourth-order valence-corrected chi connectivity index (χ4v) is 1.75. The second kappa shape index (κ2) is 3.22. The molecule has 13 heavy (non-hydrogen) atoms. The summed E-state index contributed by atoms with van der Waals surface area (Å²) in [6, 6.07) is 0.769. The summed E-state index contributed by atoms with van der Waals surface area (Å²) < 4.78 is 0. The Balaban J connectivity index is 1.87. The minimum atomic E-state index is 0.358. The van der Waals surface area contributed by atoms with Gasteiger partial charge in [0.2, 0.25) is 0 Å². The highest BCUT2D eigenvalue weighted by molar-refractivity contribution is 6.41. The summed E-state index contributed by atoms with van der Waals surface area (Å²) in [5.74, 6) is 0.525. The summed E-state index contributed by atoms with van der Waals surface area (Å²) in [6.45, 7) is 1.96. The molecule has 2 aliphatic rings. The summed E-state index contributed by atoms with van der Waals surface area (Å²) >= 11 is 0. The summed E-state index contributed by atoms with van der Waals surface area (Å²) in [5, 5.41) is 7.79. The molecule has 2 fully saturated rings. The van der Waals surface area contributed by atoms with E-state index in [1.807, 2.05) is 6.92 Å². The van der Waals surface area contributed by atoms with Gasteiger partial charge in [-0.1, -0.05) is 0 Å². The summed E-state index contributed by atoms with van der Waals surface area (Å²) in [7, 11) is 0. The number of nitrogens with two attached hydrogens (primary N) is 1. The van der Waals surface area contributed by atoms with E-state index in [1.165, 1.54) is 12.8 Å². The molecule has 0 saturated heterocycles. The lowest BCUT2D eigenvalue weighted by molar-refractivity contribution is 0.354. The van der Waals surface area contributed by atoms with Gasteiger partial charge in [-0.25, -0.2) is 0 Å². The number of hydrogen-bond donors (Lipinski definition) is 2. The van der Waals surface area contributed by atoms with Crippen molar-refractivity contribution < 1.29 is 0 Å². The quantitative estimate of drug-likeness (QED) is 0.631. The van der Waals surface area contributed by atoms with Crippen molar-refractivity contribution in [3.63, 3.8) is 0 Å². The van der Waals surface area contributed by atoms with Crippen LogP contribution in [0.4, 0.5) is 0 Å². The molecule has 0 bridgehead atoms. The van der Waals surface area contributed by atoms with Crippen LogP contribution in [-0.2, 0) is 0 Å². The standard InChI is InChI=1S/C10H17N3/c1-6(10(12)7-2-3-7)13-9-4-8(11)5-9/h7-9,12H,2-5,11H2,1H3/b12-10?,13-6+. The highest BCUT2D eigenvalue weighted by Crippen LogP contribution is 2.31. The van der Waals surface area contributed by atoms with Crippen LogP contribution in [0, 0.1) is 11.3 Å². The molecule has 0 aliphatic heterocycles. The molecule has 0 aromatic heterocycles. The number of nitrogens with zero attached hydrogens (tertiary/aromatic N) is 1. The summed E-state index contributed by atoms with van der Waals surface area (Å²) in [6.07, 6.45) is 4.40. The Kier molecular flexibility index (Phi) is 2.20. The van der Waals surface area contributed by atoms with Crippen LogP contribution in [0.15, 0.2) is 4.99 Å². The van der Waals surface area contributed by atoms with Crippen LogP contribution < -0.4 is 5.73 Å². The average molecular weight is 179 g/mol. The molecule has 3 N–H and O–H groups in total. The fourth-order valence-electron chi connectivity index (χ4n) is 1.75. The van der Waals surface area contributed by atoms with E-state index in [0.717, 1.165) is 24.3 Å². The smallest absolute Gasteiger partial charge is 0.0552 e. The molecule has 0 aromatic carbocycles. The van der Waals surface area contributed by atoms with Crippen LogP contribution >= 0.6 is 0 Å². The second-order valence-corrected chi connectivity index (χ2v) is 4.29. The molecule has 0 amide bonds. The maximum atomic E-state index is 7.79. The van der Waals surface area contributed by atoms with Crippen LogP contribution in [-0.4, -0.2) is 23.5 Å². The van der Waals surface area contributed by atoms with E-state index in [4.69, 9.17) is 11.1 Å². The number of rotatable bonds is 3. The Hall–Kier alpha value is -0.700. The minimum absolute atomic E-state index is 0.358. The summed E-state index contributed by atoms with van der Waals surface area (Å²) in [5.41, 5.74) is 7.38. The molecule has 0 atom stereocenters. The highest BCUT2D eigenvalue weighted by atomic mass is 14.9. The maximum Gasteiger partial charge on any atom is 0.0552 e. The Morgan fingerprint density at radius 1 is 1.38 bits per heavy atom. The molecular weight excluding hydrogens is 162 g/mol. The van der Waals surface area contributed by atoms with Gasteiger partial charge in [0.25, 0.3) is 0 Å². The van der Waals surface area contributed by atoms with E-state index in [2.05, 4.69) is 4.99 Å². The number of nitrogens with one attached hydrogen (secondary N) is 1. The van der Waals surface area contributed by atoms with Gasteiger partial charge in [-0.2, -0.15) is 0 Å². The Morgan fingerprint density at radius 2 is 2.00 bits per heavy atom. The van der Waals surface area contributed by atoms with Gasteiger partial charge < -0.3 is 11.1 Å². The van der Waals surface area contributed by atoms with Crippen LogP contribution in [0.1, 0.15) is 32.6 Å². The molecule has 0 radical (unpaired) electrons. The van der Waals surface area contributed by atoms with Gasteiger partial charge in [-0.3, -0.25) is 4.99 Å². The Labute approximate surface area is 78.9 Å². The van der Waals surface area contributed by atoms with Gasteiger partial charge in [0.1, 0.15) is 0 Å². The van der Waals surface area contributed by atoms with Gasteiger partial charge in [-0.15, -0.1) is 0 Å². The lowest BCUT2D eigenvalue weighted by atomic mass is 9.88. The second-order valence-electron chi connectivity index (χ2n) is 4.29. The van der Waals surface area contributed by atoms with Crippen LogP contribution in [0.3, 0.4) is 0 Å². The van der Waals surface area contributed by atoms with Crippen molar-refractivity contribution in [2.75, 3.05) is 0 Å². The first-order valence-electron chi connectivity index (χ1n) is 5.05. The molecular formula is C10H17N3. The van der Waals surface area contributed by atoms with Crippen molar-refractivity contribution >= 4 is 11.4 Å². The topological polar surface area (TPSA) is 62.2 Å². The predicted molar refractivity (Wildman–Crippen MR) is 54.6 cm³/mol. The monoisotopic (exact) mass is 179 g/mol. The van der Waals surface area contributed by atoms with Crippen molar-refractivity contribution in [3.8, 4) is 0 Å². The first kappa shape index (κ1) is 8.88. The number of aliphatic imine (C=N–C) groups is 1. The zero-order valence-electron chi connectivity index (χ0n) is 8.09. The zero-order chi connectivity index (χ0) is 9.42. The third-order valence-electron chi connectivity index (χ3n) is 2.90. The van der Waals surface area contributed by atoms with Gasteiger partial charge in [-0.05, 0) is 32.6 Å². The first-order valence-corrected chi connectivity index (χ1v) is 5.05. The largest absolute Gasteiger partial charge is 0.328 e.